The Morgan fingerprint density at radius 3 is 2.39 bits per heavy atom. The summed E-state index contributed by atoms with van der Waals surface area (Å²) in [6, 6.07) is 9.54. The number of sulfonamides is 1. The van der Waals surface area contributed by atoms with Gasteiger partial charge < -0.3 is 14.8 Å². The molecular weight excluding hydrogens is 437 g/mol. The third-order valence-corrected chi connectivity index (χ3v) is 6.62. The van der Waals surface area contributed by atoms with Crippen LogP contribution in [0.1, 0.15) is 11.1 Å². The standard InChI is InChI=1S/C20H21F3N2O5S/c1-14-2-5-16(13-18(14)31(27,28)25-8-10-29-11-9-25)24-19(26)12-15-3-6-17(7-4-15)30-20(21,22)23/h2-7,13H,8-12H2,1H3,(H,24,26). The second kappa shape index (κ2) is 9.25. The summed E-state index contributed by atoms with van der Waals surface area (Å²) in [4.78, 5) is 12.4. The van der Waals surface area contributed by atoms with Crippen LogP contribution in [0.3, 0.4) is 0 Å². The maximum absolute atomic E-state index is 12.9. The molecule has 31 heavy (non-hydrogen) atoms. The van der Waals surface area contributed by atoms with Gasteiger partial charge in [-0.3, -0.25) is 4.79 Å². The molecule has 0 bridgehead atoms. The van der Waals surface area contributed by atoms with Gasteiger partial charge in [0.2, 0.25) is 15.9 Å². The maximum atomic E-state index is 12.9. The molecule has 1 amide bonds. The number of carbonyl (C=O) groups is 1. The molecule has 1 heterocycles. The third-order valence-electron chi connectivity index (χ3n) is 4.58. The SMILES string of the molecule is Cc1ccc(NC(=O)Cc2ccc(OC(F)(F)F)cc2)cc1S(=O)(=O)N1CCOCC1. The second-order valence-electron chi connectivity index (χ2n) is 6.91. The van der Waals surface area contributed by atoms with Crippen LogP contribution >= 0.6 is 0 Å². The lowest BCUT2D eigenvalue weighted by atomic mass is 10.1. The van der Waals surface area contributed by atoms with Gasteiger partial charge >= 0.3 is 6.36 Å². The summed E-state index contributed by atoms with van der Waals surface area (Å²) in [5, 5.41) is 2.63. The van der Waals surface area contributed by atoms with E-state index in [1.807, 2.05) is 0 Å². The quantitative estimate of drug-likeness (QED) is 0.719. The molecule has 1 N–H and O–H groups in total. The Balaban J connectivity index is 1.68. The summed E-state index contributed by atoms with van der Waals surface area (Å²) < 4.78 is 72.9. The van der Waals surface area contributed by atoms with Gasteiger partial charge in [-0.05, 0) is 42.3 Å². The third kappa shape index (κ3) is 6.18. The summed E-state index contributed by atoms with van der Waals surface area (Å²) in [6.07, 6.45) is -4.89. The fourth-order valence-corrected chi connectivity index (χ4v) is 4.74. The number of alkyl halides is 3. The first-order valence-corrected chi connectivity index (χ1v) is 10.8. The molecule has 0 atom stereocenters. The Kier molecular flexibility index (Phi) is 6.87. The van der Waals surface area contributed by atoms with Crippen molar-refractivity contribution < 1.29 is 35.9 Å². The minimum atomic E-state index is -4.79. The first-order chi connectivity index (χ1) is 14.5. The van der Waals surface area contributed by atoms with Crippen LogP contribution in [0.4, 0.5) is 18.9 Å². The van der Waals surface area contributed by atoms with Crippen LogP contribution in [0.5, 0.6) is 5.75 Å². The summed E-state index contributed by atoms with van der Waals surface area (Å²) in [5.41, 5.74) is 1.32. The van der Waals surface area contributed by atoms with Gasteiger partial charge in [0.05, 0.1) is 24.5 Å². The largest absolute Gasteiger partial charge is 0.573 e. The molecule has 0 aliphatic carbocycles. The van der Waals surface area contributed by atoms with Gasteiger partial charge in [0.25, 0.3) is 0 Å². The van der Waals surface area contributed by atoms with E-state index in [4.69, 9.17) is 4.74 Å². The number of aryl methyl sites for hydroxylation is 1. The maximum Gasteiger partial charge on any atom is 0.573 e. The number of benzene rings is 2. The van der Waals surface area contributed by atoms with E-state index in [-0.39, 0.29) is 30.2 Å². The van der Waals surface area contributed by atoms with Gasteiger partial charge in [0.1, 0.15) is 5.75 Å². The minimum absolute atomic E-state index is 0.0980. The molecule has 3 rings (SSSR count). The summed E-state index contributed by atoms with van der Waals surface area (Å²) in [7, 11) is -3.73. The van der Waals surface area contributed by atoms with E-state index >= 15 is 0 Å². The number of amides is 1. The molecular formula is C20H21F3N2O5S. The molecule has 2 aromatic carbocycles. The number of ether oxygens (including phenoxy) is 2. The van der Waals surface area contributed by atoms with Crippen LogP contribution in [0, 0.1) is 6.92 Å². The van der Waals surface area contributed by atoms with Crippen molar-refractivity contribution in [2.24, 2.45) is 0 Å². The van der Waals surface area contributed by atoms with Crippen molar-refractivity contribution in [3.8, 4) is 5.75 Å². The smallest absolute Gasteiger partial charge is 0.406 e. The van der Waals surface area contributed by atoms with E-state index in [1.54, 1.807) is 19.1 Å². The average molecular weight is 458 g/mol. The summed E-state index contributed by atoms with van der Waals surface area (Å²) in [6.45, 7) is 2.82. The highest BCUT2D eigenvalue weighted by atomic mass is 32.2. The molecule has 0 unspecified atom stereocenters. The molecule has 1 fully saturated rings. The van der Waals surface area contributed by atoms with Crippen molar-refractivity contribution in [1.82, 2.24) is 4.31 Å². The monoisotopic (exact) mass is 458 g/mol. The van der Waals surface area contributed by atoms with E-state index in [1.165, 1.54) is 22.5 Å². The van der Waals surface area contributed by atoms with Crippen molar-refractivity contribution in [3.05, 3.63) is 53.6 Å². The fourth-order valence-electron chi connectivity index (χ4n) is 3.08. The zero-order valence-corrected chi connectivity index (χ0v) is 17.4. The van der Waals surface area contributed by atoms with Crippen LogP contribution in [0.2, 0.25) is 0 Å². The van der Waals surface area contributed by atoms with Gasteiger partial charge in [0, 0.05) is 18.8 Å². The van der Waals surface area contributed by atoms with Gasteiger partial charge in [-0.1, -0.05) is 18.2 Å². The van der Waals surface area contributed by atoms with Crippen molar-refractivity contribution in [2.45, 2.75) is 24.6 Å². The number of anilines is 1. The van der Waals surface area contributed by atoms with Crippen molar-refractivity contribution in [1.29, 1.82) is 0 Å². The average Bonchev–Trinajstić information content (AvgIpc) is 2.70. The lowest BCUT2D eigenvalue weighted by Crippen LogP contribution is -2.40. The molecule has 168 valence electrons. The highest BCUT2D eigenvalue weighted by Crippen LogP contribution is 2.25. The van der Waals surface area contributed by atoms with Crippen molar-refractivity contribution in [2.75, 3.05) is 31.6 Å². The normalized spacial score (nSPS) is 15.5. The van der Waals surface area contributed by atoms with Gasteiger partial charge in [-0.2, -0.15) is 4.31 Å². The number of morpholine rings is 1. The van der Waals surface area contributed by atoms with Gasteiger partial charge in [0.15, 0.2) is 0 Å². The number of rotatable bonds is 6. The van der Waals surface area contributed by atoms with Gasteiger partial charge in [-0.15, -0.1) is 13.2 Å². The lowest BCUT2D eigenvalue weighted by Gasteiger charge is -2.26. The lowest BCUT2D eigenvalue weighted by molar-refractivity contribution is -0.274. The second-order valence-corrected chi connectivity index (χ2v) is 8.82. The number of hydrogen-bond acceptors (Lipinski definition) is 5. The number of nitrogens with zero attached hydrogens (tertiary/aromatic N) is 1. The van der Waals surface area contributed by atoms with E-state index in [9.17, 15) is 26.4 Å². The number of halogens is 3. The molecule has 7 nitrogen and oxygen atoms in total. The van der Waals surface area contributed by atoms with Crippen LogP contribution in [-0.2, 0) is 26.0 Å². The van der Waals surface area contributed by atoms with Crippen LogP contribution in [0.15, 0.2) is 47.4 Å². The molecule has 0 aromatic heterocycles. The summed E-state index contributed by atoms with van der Waals surface area (Å²) in [5.74, 6) is -0.823. The Bertz CT molecular complexity index is 1030. The van der Waals surface area contributed by atoms with Crippen LogP contribution in [-0.4, -0.2) is 51.3 Å². The molecule has 1 aliphatic heterocycles. The number of nitrogens with one attached hydrogen (secondary N) is 1. The fraction of sp³-hybridized carbons (Fsp3) is 0.350. The Morgan fingerprint density at radius 2 is 1.77 bits per heavy atom. The van der Waals surface area contributed by atoms with Gasteiger partial charge in [-0.25, -0.2) is 8.42 Å². The van der Waals surface area contributed by atoms with Crippen molar-refractivity contribution >= 4 is 21.6 Å². The molecule has 0 spiro atoms. The Hall–Kier alpha value is -2.63. The van der Waals surface area contributed by atoms with E-state index in [2.05, 4.69) is 10.1 Å². The minimum Gasteiger partial charge on any atom is -0.406 e. The topological polar surface area (TPSA) is 84.9 Å². The first-order valence-electron chi connectivity index (χ1n) is 9.38. The van der Waals surface area contributed by atoms with Crippen LogP contribution < -0.4 is 10.1 Å². The van der Waals surface area contributed by atoms with Crippen molar-refractivity contribution in [3.63, 3.8) is 0 Å². The first kappa shape index (κ1) is 23.0. The summed E-state index contributed by atoms with van der Waals surface area (Å²) >= 11 is 0. The van der Waals surface area contributed by atoms with Crippen LogP contribution in [0.25, 0.3) is 0 Å². The zero-order valence-electron chi connectivity index (χ0n) is 16.6. The zero-order chi connectivity index (χ0) is 22.6. The predicted octanol–water partition coefficient (Wildman–Crippen LogP) is 3.10. The Morgan fingerprint density at radius 1 is 1.13 bits per heavy atom. The highest BCUT2D eigenvalue weighted by Gasteiger charge is 2.31. The molecule has 0 saturated carbocycles. The molecule has 0 radical (unpaired) electrons. The molecule has 2 aromatic rings. The molecule has 1 aliphatic rings. The van der Waals surface area contributed by atoms with E-state index < -0.39 is 22.3 Å². The van der Waals surface area contributed by atoms with E-state index in [0.717, 1.165) is 12.1 Å². The highest BCUT2D eigenvalue weighted by molar-refractivity contribution is 7.89. The molecule has 1 saturated heterocycles. The Labute approximate surface area is 177 Å². The van der Waals surface area contributed by atoms with E-state index in [0.29, 0.717) is 30.0 Å². The number of carbonyl (C=O) groups excluding carboxylic acids is 1. The number of hydrogen-bond donors (Lipinski definition) is 1. The molecule has 11 heteroatoms. The predicted molar refractivity (Wildman–Crippen MR) is 106 cm³/mol.